The van der Waals surface area contributed by atoms with Gasteiger partial charge in [0, 0.05) is 11.7 Å². The summed E-state index contributed by atoms with van der Waals surface area (Å²) in [4.78, 5) is 15.8. The Hall–Kier alpha value is -1.75. The van der Waals surface area contributed by atoms with Gasteiger partial charge in [0.25, 0.3) is 5.91 Å². The number of piperazine rings is 1. The van der Waals surface area contributed by atoms with Crippen molar-refractivity contribution in [3.05, 3.63) is 24.3 Å². The molecule has 23 heavy (non-hydrogen) atoms. The first-order valence-corrected chi connectivity index (χ1v) is 8.51. The van der Waals surface area contributed by atoms with Crippen LogP contribution in [0, 0.1) is 5.92 Å². The van der Waals surface area contributed by atoms with Crippen molar-refractivity contribution in [3.63, 3.8) is 0 Å². The van der Waals surface area contributed by atoms with Gasteiger partial charge in [0.2, 0.25) is 0 Å². The number of anilines is 1. The lowest BCUT2D eigenvalue weighted by Gasteiger charge is -2.33. The van der Waals surface area contributed by atoms with Gasteiger partial charge in [-0.05, 0) is 37.1 Å². The van der Waals surface area contributed by atoms with Crippen LogP contribution in [-0.2, 0) is 4.79 Å². The van der Waals surface area contributed by atoms with Crippen molar-refractivity contribution < 1.29 is 14.4 Å². The topological polar surface area (TPSA) is 46.0 Å². The van der Waals surface area contributed by atoms with Gasteiger partial charge in [0.1, 0.15) is 5.75 Å². The molecule has 1 aliphatic rings. The first kappa shape index (κ1) is 17.6. The van der Waals surface area contributed by atoms with Gasteiger partial charge < -0.3 is 19.9 Å². The van der Waals surface area contributed by atoms with Crippen LogP contribution in [0.4, 0.5) is 5.69 Å². The fourth-order valence-corrected chi connectivity index (χ4v) is 2.75. The Bertz CT molecular complexity index is 493. The largest absolute Gasteiger partial charge is 0.497 e. The Morgan fingerprint density at radius 1 is 1.22 bits per heavy atom. The predicted molar refractivity (Wildman–Crippen MR) is 93.2 cm³/mol. The molecule has 0 aromatic heterocycles. The molecule has 1 heterocycles. The zero-order valence-corrected chi connectivity index (χ0v) is 14.8. The molecule has 1 atom stereocenters. The monoisotopic (exact) mass is 320 g/mol. The number of nitrogens with one attached hydrogen (secondary N) is 2. The van der Waals surface area contributed by atoms with Gasteiger partial charge in [-0.1, -0.05) is 13.8 Å². The summed E-state index contributed by atoms with van der Waals surface area (Å²) in [7, 11) is 1.68. The third kappa shape index (κ3) is 5.13. The van der Waals surface area contributed by atoms with Crippen LogP contribution < -0.4 is 19.9 Å². The van der Waals surface area contributed by atoms with Crippen molar-refractivity contribution >= 4 is 11.6 Å². The van der Waals surface area contributed by atoms with E-state index in [4.69, 9.17) is 4.74 Å². The molecule has 1 amide bonds. The summed E-state index contributed by atoms with van der Waals surface area (Å²) in [6.45, 7) is 10.9. The van der Waals surface area contributed by atoms with Crippen LogP contribution in [0.3, 0.4) is 0 Å². The fraction of sp³-hybridized carbons (Fsp3) is 0.611. The van der Waals surface area contributed by atoms with E-state index in [1.807, 2.05) is 12.1 Å². The Balaban J connectivity index is 1.78. The number of nitrogens with zero attached hydrogens (tertiary/aromatic N) is 1. The summed E-state index contributed by atoms with van der Waals surface area (Å²) >= 11 is 0. The van der Waals surface area contributed by atoms with Gasteiger partial charge >= 0.3 is 0 Å². The zero-order valence-electron chi connectivity index (χ0n) is 14.8. The van der Waals surface area contributed by atoms with E-state index in [0.717, 1.165) is 31.9 Å². The number of ether oxygens (including phenoxy) is 1. The van der Waals surface area contributed by atoms with E-state index in [1.54, 1.807) is 7.11 Å². The minimum atomic E-state index is 0.166. The summed E-state index contributed by atoms with van der Waals surface area (Å²) < 4.78 is 5.20. The van der Waals surface area contributed by atoms with Crippen molar-refractivity contribution in [1.29, 1.82) is 0 Å². The second-order valence-electron chi connectivity index (χ2n) is 6.71. The molecule has 2 N–H and O–H groups in total. The van der Waals surface area contributed by atoms with Crippen LogP contribution in [0.15, 0.2) is 24.3 Å². The number of quaternary nitrogens is 1. The van der Waals surface area contributed by atoms with Crippen molar-refractivity contribution in [2.75, 3.05) is 44.7 Å². The Morgan fingerprint density at radius 3 is 2.35 bits per heavy atom. The standard InChI is InChI=1S/C18H29N3O2/c1-14(2)15(3)19-18(22)13-20-9-11-21(12-10-20)16-5-7-17(23-4)8-6-16/h5-8,14-15H,9-13H2,1-4H3,(H,19,22)/p+1/t15-/m1/s1. The molecule has 0 radical (unpaired) electrons. The molecule has 2 rings (SSSR count). The molecular weight excluding hydrogens is 290 g/mol. The number of hydrogen-bond donors (Lipinski definition) is 2. The maximum atomic E-state index is 12.1. The molecule has 1 fully saturated rings. The van der Waals surface area contributed by atoms with Crippen LogP contribution >= 0.6 is 0 Å². The van der Waals surface area contributed by atoms with Gasteiger partial charge in [-0.3, -0.25) is 4.79 Å². The fourth-order valence-electron chi connectivity index (χ4n) is 2.75. The molecule has 0 saturated carbocycles. The van der Waals surface area contributed by atoms with Crippen molar-refractivity contribution in [2.45, 2.75) is 26.8 Å². The molecule has 0 unspecified atom stereocenters. The van der Waals surface area contributed by atoms with E-state index in [-0.39, 0.29) is 11.9 Å². The summed E-state index contributed by atoms with van der Waals surface area (Å²) in [6.07, 6.45) is 0. The van der Waals surface area contributed by atoms with E-state index in [1.165, 1.54) is 10.6 Å². The number of benzene rings is 1. The Labute approximate surface area is 139 Å². The number of hydrogen-bond acceptors (Lipinski definition) is 3. The highest BCUT2D eigenvalue weighted by molar-refractivity contribution is 5.77. The van der Waals surface area contributed by atoms with Gasteiger partial charge in [-0.15, -0.1) is 0 Å². The second kappa shape index (κ2) is 8.20. The molecule has 1 aliphatic heterocycles. The molecule has 1 saturated heterocycles. The molecule has 5 heteroatoms. The lowest BCUT2D eigenvalue weighted by molar-refractivity contribution is -0.892. The lowest BCUT2D eigenvalue weighted by Crippen LogP contribution is -3.16. The van der Waals surface area contributed by atoms with Crippen LogP contribution in [-0.4, -0.2) is 51.8 Å². The second-order valence-corrected chi connectivity index (χ2v) is 6.71. The van der Waals surface area contributed by atoms with Crippen LogP contribution in [0.2, 0.25) is 0 Å². The van der Waals surface area contributed by atoms with E-state index in [2.05, 4.69) is 43.1 Å². The van der Waals surface area contributed by atoms with Crippen LogP contribution in [0.25, 0.3) is 0 Å². The molecule has 1 aromatic rings. The molecule has 0 bridgehead atoms. The van der Waals surface area contributed by atoms with Gasteiger partial charge in [-0.25, -0.2) is 0 Å². The lowest BCUT2D eigenvalue weighted by atomic mass is 10.1. The van der Waals surface area contributed by atoms with E-state index in [0.29, 0.717) is 12.5 Å². The Morgan fingerprint density at radius 2 is 1.83 bits per heavy atom. The van der Waals surface area contributed by atoms with Crippen molar-refractivity contribution in [1.82, 2.24) is 5.32 Å². The first-order valence-electron chi connectivity index (χ1n) is 8.51. The van der Waals surface area contributed by atoms with Gasteiger partial charge in [-0.2, -0.15) is 0 Å². The molecule has 1 aromatic carbocycles. The predicted octanol–water partition coefficient (Wildman–Crippen LogP) is 0.561. The summed E-state index contributed by atoms with van der Waals surface area (Å²) in [5.41, 5.74) is 1.22. The normalized spacial score (nSPS) is 17.2. The van der Waals surface area contributed by atoms with Crippen molar-refractivity contribution in [3.8, 4) is 5.75 Å². The number of rotatable bonds is 6. The highest BCUT2D eigenvalue weighted by Gasteiger charge is 2.23. The SMILES string of the molecule is COc1ccc(N2CC[NH+](CC(=O)N[C@H](C)C(C)C)CC2)cc1. The summed E-state index contributed by atoms with van der Waals surface area (Å²) in [5, 5.41) is 3.09. The minimum Gasteiger partial charge on any atom is -0.497 e. The number of methoxy groups -OCH3 is 1. The van der Waals surface area contributed by atoms with Crippen LogP contribution in [0.1, 0.15) is 20.8 Å². The molecule has 5 nitrogen and oxygen atoms in total. The zero-order chi connectivity index (χ0) is 16.8. The maximum Gasteiger partial charge on any atom is 0.275 e. The number of carbonyl (C=O) groups is 1. The molecule has 128 valence electrons. The minimum absolute atomic E-state index is 0.166. The van der Waals surface area contributed by atoms with E-state index >= 15 is 0 Å². The summed E-state index contributed by atoms with van der Waals surface area (Å²) in [5.74, 6) is 1.52. The van der Waals surface area contributed by atoms with E-state index < -0.39 is 0 Å². The molecular formula is C18H30N3O2+. The van der Waals surface area contributed by atoms with Gasteiger partial charge in [0.15, 0.2) is 6.54 Å². The third-order valence-corrected chi connectivity index (χ3v) is 4.71. The highest BCUT2D eigenvalue weighted by atomic mass is 16.5. The van der Waals surface area contributed by atoms with Crippen LogP contribution in [0.5, 0.6) is 5.75 Å². The smallest absolute Gasteiger partial charge is 0.275 e. The molecule has 0 spiro atoms. The maximum absolute atomic E-state index is 12.1. The highest BCUT2D eigenvalue weighted by Crippen LogP contribution is 2.18. The average molecular weight is 320 g/mol. The van der Waals surface area contributed by atoms with Gasteiger partial charge in [0.05, 0.1) is 33.3 Å². The van der Waals surface area contributed by atoms with Crippen molar-refractivity contribution in [2.24, 2.45) is 5.92 Å². The average Bonchev–Trinajstić information content (AvgIpc) is 2.55. The molecule has 0 aliphatic carbocycles. The number of amides is 1. The van der Waals surface area contributed by atoms with E-state index in [9.17, 15) is 4.79 Å². The summed E-state index contributed by atoms with van der Waals surface area (Å²) in [6, 6.07) is 8.43. The third-order valence-electron chi connectivity index (χ3n) is 4.71. The number of carbonyl (C=O) groups excluding carboxylic acids is 1. The first-order chi connectivity index (χ1) is 11.0. The Kier molecular flexibility index (Phi) is 6.28. The quantitative estimate of drug-likeness (QED) is 0.805.